The van der Waals surface area contributed by atoms with Crippen LogP contribution in [0.2, 0.25) is 5.15 Å². The maximum atomic E-state index is 6.44. The van der Waals surface area contributed by atoms with Gasteiger partial charge in [0.2, 0.25) is 0 Å². The highest BCUT2D eigenvalue weighted by molar-refractivity contribution is 6.34. The van der Waals surface area contributed by atoms with Gasteiger partial charge in [0.15, 0.2) is 5.82 Å². The van der Waals surface area contributed by atoms with E-state index in [1.165, 1.54) is 0 Å². The number of nitrogens with zero attached hydrogens (tertiary/aromatic N) is 2. The first-order valence-corrected chi connectivity index (χ1v) is 8.96. The number of benzene rings is 3. The molecule has 0 aliphatic rings. The maximum absolute atomic E-state index is 6.44. The number of fused-ring (bicyclic) bond motifs is 1. The van der Waals surface area contributed by atoms with Crippen molar-refractivity contribution < 1.29 is 4.74 Å². The van der Waals surface area contributed by atoms with E-state index >= 15 is 0 Å². The average Bonchev–Trinajstić information content (AvgIpc) is 2.73. The second-order valence-electron chi connectivity index (χ2n) is 6.05. The molecule has 0 aliphatic carbocycles. The average molecular weight is 373 g/mol. The van der Waals surface area contributed by atoms with Crippen LogP contribution in [-0.2, 0) is 0 Å². The van der Waals surface area contributed by atoms with Crippen molar-refractivity contribution in [1.82, 2.24) is 9.97 Å². The summed E-state index contributed by atoms with van der Waals surface area (Å²) in [5.74, 6) is 1.42. The van der Waals surface area contributed by atoms with E-state index in [4.69, 9.17) is 21.3 Å². The molecule has 0 radical (unpaired) electrons. The summed E-state index contributed by atoms with van der Waals surface area (Å²) in [5.41, 5.74) is 3.79. The largest absolute Gasteiger partial charge is 0.497 e. The number of methoxy groups -OCH3 is 1. The van der Waals surface area contributed by atoms with Crippen molar-refractivity contribution in [3.63, 3.8) is 0 Å². The predicted molar refractivity (Wildman–Crippen MR) is 111 cm³/mol. The molecule has 27 heavy (non-hydrogen) atoms. The van der Waals surface area contributed by atoms with E-state index in [1.54, 1.807) is 7.11 Å². The zero-order valence-electron chi connectivity index (χ0n) is 14.8. The van der Waals surface area contributed by atoms with E-state index in [1.807, 2.05) is 78.9 Å². The molecule has 0 saturated carbocycles. The minimum Gasteiger partial charge on any atom is -0.497 e. The minimum atomic E-state index is 0.451. The second-order valence-corrected chi connectivity index (χ2v) is 6.41. The smallest absolute Gasteiger partial charge is 0.162 e. The zero-order valence-corrected chi connectivity index (χ0v) is 15.5. The second kappa shape index (κ2) is 7.60. The summed E-state index contributed by atoms with van der Waals surface area (Å²) in [4.78, 5) is 9.32. The summed E-state index contributed by atoms with van der Waals surface area (Å²) in [6.45, 7) is 0. The molecule has 0 N–H and O–H groups in total. The Bertz CT molecular complexity index is 1110. The molecule has 3 aromatic carbocycles. The zero-order chi connectivity index (χ0) is 18.6. The van der Waals surface area contributed by atoms with E-state index in [0.717, 1.165) is 33.4 Å². The fourth-order valence-electron chi connectivity index (χ4n) is 2.92. The number of halogens is 1. The Morgan fingerprint density at radius 2 is 1.56 bits per heavy atom. The van der Waals surface area contributed by atoms with E-state index in [0.29, 0.717) is 11.0 Å². The summed E-state index contributed by atoms with van der Waals surface area (Å²) >= 11 is 6.44. The predicted octanol–water partition coefficient (Wildman–Crippen LogP) is 5.88. The fourth-order valence-corrected chi connectivity index (χ4v) is 3.16. The van der Waals surface area contributed by atoms with Crippen LogP contribution in [0, 0.1) is 0 Å². The number of hydrogen-bond acceptors (Lipinski definition) is 3. The standard InChI is InChI=1S/C23H17ClN2O/c1-27-18-13-11-16(12-14-18)15-20(17-7-3-2-4-8-17)23-25-21-10-6-5-9-19(21)22(24)26-23/h2-15H,1H3/b20-15-. The normalized spacial score (nSPS) is 11.6. The van der Waals surface area contributed by atoms with Crippen LogP contribution in [-0.4, -0.2) is 17.1 Å². The van der Waals surface area contributed by atoms with Crippen molar-refractivity contribution in [2.24, 2.45) is 0 Å². The Morgan fingerprint density at radius 3 is 2.30 bits per heavy atom. The highest BCUT2D eigenvalue weighted by Crippen LogP contribution is 2.28. The molecule has 0 atom stereocenters. The van der Waals surface area contributed by atoms with Crippen LogP contribution < -0.4 is 4.74 Å². The molecular formula is C23H17ClN2O. The minimum absolute atomic E-state index is 0.451. The molecule has 1 heterocycles. The lowest BCUT2D eigenvalue weighted by Gasteiger charge is -2.10. The quantitative estimate of drug-likeness (QED) is 0.331. The number of aromatic nitrogens is 2. The van der Waals surface area contributed by atoms with Crippen LogP contribution in [0.5, 0.6) is 5.75 Å². The first kappa shape index (κ1) is 17.3. The van der Waals surface area contributed by atoms with Crippen LogP contribution >= 0.6 is 11.6 Å². The molecule has 0 aliphatic heterocycles. The van der Waals surface area contributed by atoms with Gasteiger partial charge >= 0.3 is 0 Å². The molecule has 4 aromatic rings. The van der Waals surface area contributed by atoms with Crippen LogP contribution in [0.15, 0.2) is 78.9 Å². The third-order valence-electron chi connectivity index (χ3n) is 4.31. The van der Waals surface area contributed by atoms with Crippen LogP contribution in [0.4, 0.5) is 0 Å². The molecule has 0 bridgehead atoms. The van der Waals surface area contributed by atoms with E-state index in [-0.39, 0.29) is 0 Å². The lowest BCUT2D eigenvalue weighted by Crippen LogP contribution is -1.98. The van der Waals surface area contributed by atoms with Crippen molar-refractivity contribution in [2.45, 2.75) is 0 Å². The Hall–Kier alpha value is -3.17. The molecule has 0 unspecified atom stereocenters. The van der Waals surface area contributed by atoms with Crippen molar-refractivity contribution in [2.75, 3.05) is 7.11 Å². The SMILES string of the molecule is COc1ccc(/C=C(/c2ccccc2)c2nc(Cl)c3ccccc3n2)cc1. The summed E-state index contributed by atoms with van der Waals surface area (Å²) in [6, 6.07) is 25.7. The monoisotopic (exact) mass is 372 g/mol. The van der Waals surface area contributed by atoms with Gasteiger partial charge in [-0.15, -0.1) is 0 Å². The van der Waals surface area contributed by atoms with Crippen LogP contribution in [0.25, 0.3) is 22.6 Å². The number of para-hydroxylation sites is 1. The Labute approximate surface area is 162 Å². The Kier molecular flexibility index (Phi) is 4.86. The molecule has 0 spiro atoms. The first-order chi connectivity index (χ1) is 13.2. The van der Waals surface area contributed by atoms with Gasteiger partial charge in [0.05, 0.1) is 12.6 Å². The van der Waals surface area contributed by atoms with Gasteiger partial charge in [-0.25, -0.2) is 9.97 Å². The molecule has 0 fully saturated rings. The lowest BCUT2D eigenvalue weighted by atomic mass is 10.0. The van der Waals surface area contributed by atoms with Gasteiger partial charge in [-0.05, 0) is 41.5 Å². The van der Waals surface area contributed by atoms with Crippen molar-refractivity contribution in [3.05, 3.63) is 101 Å². The van der Waals surface area contributed by atoms with Gasteiger partial charge in [0.25, 0.3) is 0 Å². The van der Waals surface area contributed by atoms with Crippen molar-refractivity contribution in [3.8, 4) is 5.75 Å². The van der Waals surface area contributed by atoms with Gasteiger partial charge in [0.1, 0.15) is 10.9 Å². The molecule has 4 heteroatoms. The molecular weight excluding hydrogens is 356 g/mol. The molecule has 0 saturated heterocycles. The van der Waals surface area contributed by atoms with Crippen LogP contribution in [0.1, 0.15) is 17.0 Å². The van der Waals surface area contributed by atoms with Gasteiger partial charge in [-0.3, -0.25) is 0 Å². The Morgan fingerprint density at radius 1 is 0.852 bits per heavy atom. The topological polar surface area (TPSA) is 35.0 Å². The number of rotatable bonds is 4. The molecule has 0 amide bonds. The fraction of sp³-hybridized carbons (Fsp3) is 0.0435. The summed E-state index contributed by atoms with van der Waals surface area (Å²) in [5, 5.41) is 1.30. The van der Waals surface area contributed by atoms with Crippen molar-refractivity contribution in [1.29, 1.82) is 0 Å². The van der Waals surface area contributed by atoms with Crippen molar-refractivity contribution >= 4 is 34.2 Å². The molecule has 4 rings (SSSR count). The van der Waals surface area contributed by atoms with Gasteiger partial charge in [0, 0.05) is 11.0 Å². The first-order valence-electron chi connectivity index (χ1n) is 8.58. The lowest BCUT2D eigenvalue weighted by molar-refractivity contribution is 0.415. The highest BCUT2D eigenvalue weighted by Gasteiger charge is 2.12. The third kappa shape index (κ3) is 3.69. The van der Waals surface area contributed by atoms with E-state index < -0.39 is 0 Å². The third-order valence-corrected chi connectivity index (χ3v) is 4.60. The summed E-state index contributed by atoms with van der Waals surface area (Å²) < 4.78 is 5.24. The number of ether oxygens (including phenoxy) is 1. The van der Waals surface area contributed by atoms with Crippen LogP contribution in [0.3, 0.4) is 0 Å². The molecule has 1 aromatic heterocycles. The van der Waals surface area contributed by atoms with Gasteiger partial charge in [-0.2, -0.15) is 0 Å². The van der Waals surface area contributed by atoms with Gasteiger partial charge < -0.3 is 4.74 Å². The van der Waals surface area contributed by atoms with E-state index in [9.17, 15) is 0 Å². The summed E-state index contributed by atoms with van der Waals surface area (Å²) in [7, 11) is 1.66. The molecule has 3 nitrogen and oxygen atoms in total. The highest BCUT2D eigenvalue weighted by atomic mass is 35.5. The van der Waals surface area contributed by atoms with E-state index in [2.05, 4.69) is 11.1 Å². The Balaban J connectivity index is 1.89. The summed E-state index contributed by atoms with van der Waals surface area (Å²) in [6.07, 6.45) is 2.06. The maximum Gasteiger partial charge on any atom is 0.162 e. The molecule has 132 valence electrons. The number of hydrogen-bond donors (Lipinski definition) is 0. The van der Waals surface area contributed by atoms with Gasteiger partial charge in [-0.1, -0.05) is 66.2 Å².